The van der Waals surface area contributed by atoms with Gasteiger partial charge in [0.05, 0.1) is 0 Å². The molecule has 7 heteroatoms. The highest BCUT2D eigenvalue weighted by atomic mass is 16.2. The molecule has 0 saturated heterocycles. The van der Waals surface area contributed by atoms with Gasteiger partial charge in [0.1, 0.15) is 11.3 Å². The average Bonchev–Trinajstić information content (AvgIpc) is 2.68. The zero-order valence-corrected chi connectivity index (χ0v) is 11.3. The lowest BCUT2D eigenvalue weighted by Gasteiger charge is -2.23. The van der Waals surface area contributed by atoms with Gasteiger partial charge in [0.15, 0.2) is 5.65 Å². The number of rotatable bonds is 3. The molecule has 2 aromatic rings. The molecule has 0 fully saturated rings. The van der Waals surface area contributed by atoms with Gasteiger partial charge in [0.2, 0.25) is 0 Å². The van der Waals surface area contributed by atoms with E-state index in [4.69, 9.17) is 5.73 Å². The number of H-pyrrole nitrogens is 3. The van der Waals surface area contributed by atoms with Crippen LogP contribution in [0, 0.1) is 5.41 Å². The second-order valence-electron chi connectivity index (χ2n) is 5.95. The summed E-state index contributed by atoms with van der Waals surface area (Å²) in [5.41, 5.74) is 5.41. The molecule has 0 radical (unpaired) electrons. The molecule has 19 heavy (non-hydrogen) atoms. The Morgan fingerprint density at radius 3 is 2.47 bits per heavy atom. The number of imidazole rings is 1. The van der Waals surface area contributed by atoms with Crippen LogP contribution in [0.5, 0.6) is 0 Å². The van der Waals surface area contributed by atoms with Crippen LogP contribution in [0.25, 0.3) is 11.2 Å². The first-order valence-corrected chi connectivity index (χ1v) is 6.22. The largest absolute Gasteiger partial charge is 0.336 e. The van der Waals surface area contributed by atoms with E-state index in [1.807, 2.05) is 0 Å². The van der Waals surface area contributed by atoms with Crippen molar-refractivity contribution in [3.05, 3.63) is 26.7 Å². The molecule has 0 aliphatic rings. The molecule has 0 bridgehead atoms. The first kappa shape index (κ1) is 13.5. The molecule has 2 rings (SSSR count). The molecule has 2 aromatic heterocycles. The van der Waals surface area contributed by atoms with E-state index in [0.29, 0.717) is 12.4 Å². The van der Waals surface area contributed by atoms with E-state index in [-0.39, 0.29) is 22.5 Å². The molecule has 0 saturated carbocycles. The van der Waals surface area contributed by atoms with Crippen LogP contribution in [0.15, 0.2) is 9.59 Å². The Balaban J connectivity index is 2.48. The third kappa shape index (κ3) is 2.93. The van der Waals surface area contributed by atoms with Crippen molar-refractivity contribution in [1.29, 1.82) is 0 Å². The van der Waals surface area contributed by atoms with Crippen LogP contribution < -0.4 is 17.0 Å². The van der Waals surface area contributed by atoms with Crippen molar-refractivity contribution in [1.82, 2.24) is 19.9 Å². The topological polar surface area (TPSA) is 120 Å². The fourth-order valence-corrected chi connectivity index (χ4v) is 2.17. The van der Waals surface area contributed by atoms with E-state index in [1.165, 1.54) is 0 Å². The highest BCUT2D eigenvalue weighted by Gasteiger charge is 2.22. The molecule has 1 unspecified atom stereocenters. The second kappa shape index (κ2) is 4.65. The predicted octanol–water partition coefficient (Wildman–Crippen LogP) is 0.418. The van der Waals surface area contributed by atoms with Crippen LogP contribution in [0.2, 0.25) is 0 Å². The fourth-order valence-electron chi connectivity index (χ4n) is 2.17. The van der Waals surface area contributed by atoms with Crippen LogP contribution in [-0.2, 0) is 0 Å². The summed E-state index contributed by atoms with van der Waals surface area (Å²) >= 11 is 0. The summed E-state index contributed by atoms with van der Waals surface area (Å²) in [5, 5.41) is 0. The second-order valence-corrected chi connectivity index (χ2v) is 5.95. The van der Waals surface area contributed by atoms with Crippen LogP contribution in [0.3, 0.4) is 0 Å². The predicted molar refractivity (Wildman–Crippen MR) is 73.2 cm³/mol. The third-order valence-electron chi connectivity index (χ3n) is 2.94. The SMILES string of the molecule is CC(C)(C)CC(CN)c1nc2[nH]c(=O)[nH]c(=O)c2[nH]1. The van der Waals surface area contributed by atoms with Gasteiger partial charge >= 0.3 is 5.69 Å². The van der Waals surface area contributed by atoms with Gasteiger partial charge in [-0.1, -0.05) is 20.8 Å². The molecule has 1 atom stereocenters. The maximum absolute atomic E-state index is 11.6. The van der Waals surface area contributed by atoms with Crippen LogP contribution in [0.4, 0.5) is 0 Å². The summed E-state index contributed by atoms with van der Waals surface area (Å²) < 4.78 is 0. The lowest BCUT2D eigenvalue weighted by atomic mass is 9.84. The molecule has 5 N–H and O–H groups in total. The van der Waals surface area contributed by atoms with Crippen LogP contribution in [0.1, 0.15) is 38.9 Å². The summed E-state index contributed by atoms with van der Waals surface area (Å²) in [6, 6.07) is 0. The van der Waals surface area contributed by atoms with Crippen molar-refractivity contribution in [3.8, 4) is 0 Å². The number of nitrogens with zero attached hydrogens (tertiary/aromatic N) is 1. The molecular weight excluding hydrogens is 246 g/mol. The Morgan fingerprint density at radius 2 is 1.89 bits per heavy atom. The van der Waals surface area contributed by atoms with Gasteiger partial charge in [0.25, 0.3) is 5.56 Å². The first-order valence-electron chi connectivity index (χ1n) is 6.22. The minimum Gasteiger partial charge on any atom is -0.336 e. The minimum absolute atomic E-state index is 0.0234. The molecule has 0 aromatic carbocycles. The average molecular weight is 265 g/mol. The number of aromatic nitrogens is 4. The highest BCUT2D eigenvalue weighted by Crippen LogP contribution is 2.29. The molecule has 0 aliphatic carbocycles. The van der Waals surface area contributed by atoms with E-state index in [9.17, 15) is 9.59 Å². The van der Waals surface area contributed by atoms with Crippen molar-refractivity contribution >= 4 is 11.2 Å². The molecule has 7 nitrogen and oxygen atoms in total. The van der Waals surface area contributed by atoms with E-state index in [0.717, 1.165) is 6.42 Å². The highest BCUT2D eigenvalue weighted by molar-refractivity contribution is 5.68. The normalized spacial score (nSPS) is 13.9. The molecule has 0 aliphatic heterocycles. The molecule has 2 heterocycles. The van der Waals surface area contributed by atoms with E-state index < -0.39 is 11.2 Å². The lowest BCUT2D eigenvalue weighted by Crippen LogP contribution is -2.21. The Labute approximate surface area is 109 Å². The van der Waals surface area contributed by atoms with Gasteiger partial charge in [-0.25, -0.2) is 9.78 Å². The third-order valence-corrected chi connectivity index (χ3v) is 2.94. The maximum Gasteiger partial charge on any atom is 0.327 e. The van der Waals surface area contributed by atoms with E-state index in [2.05, 4.69) is 40.7 Å². The Bertz CT molecular complexity index is 688. The summed E-state index contributed by atoms with van der Waals surface area (Å²) in [5.74, 6) is 0.662. The molecular formula is C12H19N5O2. The zero-order valence-electron chi connectivity index (χ0n) is 11.3. The van der Waals surface area contributed by atoms with Crippen LogP contribution >= 0.6 is 0 Å². The minimum atomic E-state index is -0.560. The Hall–Kier alpha value is -1.89. The Kier molecular flexibility index (Phi) is 3.32. The van der Waals surface area contributed by atoms with Crippen LogP contribution in [-0.4, -0.2) is 26.5 Å². The van der Waals surface area contributed by atoms with Gasteiger partial charge in [-0.2, -0.15) is 0 Å². The van der Waals surface area contributed by atoms with Crippen molar-refractivity contribution in [2.45, 2.75) is 33.1 Å². The summed E-state index contributed by atoms with van der Waals surface area (Å²) in [7, 11) is 0. The summed E-state index contributed by atoms with van der Waals surface area (Å²) in [6.45, 7) is 6.78. The van der Waals surface area contributed by atoms with Crippen molar-refractivity contribution in [2.75, 3.05) is 6.54 Å². The van der Waals surface area contributed by atoms with Gasteiger partial charge < -0.3 is 10.7 Å². The molecule has 0 spiro atoms. The van der Waals surface area contributed by atoms with Crippen molar-refractivity contribution in [3.63, 3.8) is 0 Å². The van der Waals surface area contributed by atoms with E-state index >= 15 is 0 Å². The van der Waals surface area contributed by atoms with Gasteiger partial charge in [-0.05, 0) is 11.8 Å². The number of fused-ring (bicyclic) bond motifs is 1. The smallest absolute Gasteiger partial charge is 0.327 e. The summed E-state index contributed by atoms with van der Waals surface area (Å²) in [4.78, 5) is 34.7. The number of hydrogen-bond acceptors (Lipinski definition) is 4. The Morgan fingerprint density at radius 1 is 1.21 bits per heavy atom. The van der Waals surface area contributed by atoms with Crippen molar-refractivity contribution in [2.24, 2.45) is 11.1 Å². The zero-order chi connectivity index (χ0) is 14.2. The maximum atomic E-state index is 11.6. The number of aromatic amines is 3. The standard InChI is InChI=1S/C12H19N5O2/c1-12(2,3)4-6(5-13)8-14-7-9(15-8)16-11(19)17-10(7)18/h6H,4-5,13H2,1-3H3,(H3,14,15,16,17,18,19). The van der Waals surface area contributed by atoms with Crippen molar-refractivity contribution < 1.29 is 0 Å². The fraction of sp³-hybridized carbons (Fsp3) is 0.583. The lowest BCUT2D eigenvalue weighted by molar-refractivity contribution is 0.337. The van der Waals surface area contributed by atoms with Gasteiger partial charge in [0, 0.05) is 12.5 Å². The molecule has 104 valence electrons. The van der Waals surface area contributed by atoms with Gasteiger partial charge in [-0.15, -0.1) is 0 Å². The number of hydrogen-bond donors (Lipinski definition) is 4. The monoisotopic (exact) mass is 265 g/mol. The summed E-state index contributed by atoms with van der Waals surface area (Å²) in [6.07, 6.45) is 0.839. The van der Waals surface area contributed by atoms with E-state index in [1.54, 1.807) is 0 Å². The number of nitrogens with one attached hydrogen (secondary N) is 3. The quantitative estimate of drug-likeness (QED) is 0.642. The first-order chi connectivity index (χ1) is 8.80. The molecule has 0 amide bonds. The van der Waals surface area contributed by atoms with Gasteiger partial charge in [-0.3, -0.25) is 14.8 Å². The number of nitrogens with two attached hydrogens (primary N) is 1.